The molecule has 0 bridgehead atoms. The summed E-state index contributed by atoms with van der Waals surface area (Å²) in [6, 6.07) is 25.3. The predicted octanol–water partition coefficient (Wildman–Crippen LogP) is 7.54. The average molecular weight is 631 g/mol. The largest absolute Gasteiger partial charge is 0.321 e. The molecule has 1 heterocycles. The first kappa shape index (κ1) is 30.0. The summed E-state index contributed by atoms with van der Waals surface area (Å²) in [5.41, 5.74) is 2.50. The maximum absolute atomic E-state index is 14.5. The summed E-state index contributed by atoms with van der Waals surface area (Å²) in [6.45, 7) is 2.01. The first-order valence-electron chi connectivity index (χ1n) is 13.0. The van der Waals surface area contributed by atoms with Gasteiger partial charge in [-0.2, -0.15) is 0 Å². The Morgan fingerprint density at radius 1 is 0.953 bits per heavy atom. The van der Waals surface area contributed by atoms with Crippen LogP contribution in [0.5, 0.6) is 0 Å². The monoisotopic (exact) mass is 630 g/mol. The molecular formula is C32H24ClFN4O3S2. The van der Waals surface area contributed by atoms with Gasteiger partial charge in [0.2, 0.25) is 5.91 Å². The molecular weight excluding hydrogens is 607 g/mol. The van der Waals surface area contributed by atoms with Crippen LogP contribution in [0.1, 0.15) is 21.5 Å². The summed E-state index contributed by atoms with van der Waals surface area (Å²) in [7, 11) is 0. The topological polar surface area (TPSA) is 100 Å². The van der Waals surface area contributed by atoms with Gasteiger partial charge in [0.25, 0.3) is 11.8 Å². The van der Waals surface area contributed by atoms with Crippen molar-refractivity contribution >= 4 is 79.5 Å². The third kappa shape index (κ3) is 7.86. The minimum Gasteiger partial charge on any atom is -0.321 e. The molecule has 7 nitrogen and oxygen atoms in total. The number of carbonyl (C=O) groups is 3. The summed E-state index contributed by atoms with van der Waals surface area (Å²) in [5, 5.41) is 8.75. The van der Waals surface area contributed by atoms with Crippen LogP contribution >= 0.6 is 34.7 Å². The molecule has 0 saturated heterocycles. The number of hydrogen-bond donors (Lipinski definition) is 3. The lowest BCUT2D eigenvalue weighted by atomic mass is 10.1. The molecule has 0 unspecified atom stereocenters. The number of fused-ring (bicyclic) bond motifs is 1. The molecule has 43 heavy (non-hydrogen) atoms. The first-order valence-corrected chi connectivity index (χ1v) is 15.2. The zero-order valence-corrected chi connectivity index (χ0v) is 25.1. The Morgan fingerprint density at radius 3 is 2.47 bits per heavy atom. The van der Waals surface area contributed by atoms with Gasteiger partial charge >= 0.3 is 0 Å². The number of aromatic nitrogens is 1. The molecule has 0 saturated carbocycles. The molecule has 0 atom stereocenters. The van der Waals surface area contributed by atoms with E-state index in [9.17, 15) is 18.8 Å². The fraction of sp³-hybridized carbons (Fsp3) is 0.0625. The molecule has 0 aliphatic rings. The van der Waals surface area contributed by atoms with E-state index in [0.29, 0.717) is 16.4 Å². The van der Waals surface area contributed by atoms with Gasteiger partial charge in [0.05, 0.1) is 21.0 Å². The van der Waals surface area contributed by atoms with E-state index in [2.05, 4.69) is 20.9 Å². The Hall–Kier alpha value is -4.51. The van der Waals surface area contributed by atoms with Gasteiger partial charge in [-0.15, -0.1) is 11.8 Å². The second kappa shape index (κ2) is 13.6. The van der Waals surface area contributed by atoms with Gasteiger partial charge in [-0.1, -0.05) is 53.3 Å². The Kier molecular flexibility index (Phi) is 9.51. The average Bonchev–Trinajstić information content (AvgIpc) is 3.39. The smallest absolute Gasteiger partial charge is 0.272 e. The maximum atomic E-state index is 14.5. The van der Waals surface area contributed by atoms with E-state index in [1.165, 1.54) is 47.4 Å². The first-order chi connectivity index (χ1) is 20.7. The molecule has 3 amide bonds. The number of carbonyl (C=O) groups excluding carboxylic acids is 3. The molecule has 1 aromatic heterocycles. The van der Waals surface area contributed by atoms with Crippen LogP contribution < -0.4 is 16.0 Å². The lowest BCUT2D eigenvalue weighted by Gasteiger charge is -2.12. The summed E-state index contributed by atoms with van der Waals surface area (Å²) in [6.07, 6.45) is 1.20. The van der Waals surface area contributed by atoms with Crippen molar-refractivity contribution < 1.29 is 18.8 Å². The zero-order valence-electron chi connectivity index (χ0n) is 22.7. The van der Waals surface area contributed by atoms with Crippen molar-refractivity contribution in [3.63, 3.8) is 0 Å². The quantitative estimate of drug-likeness (QED) is 0.115. The number of rotatable bonds is 9. The van der Waals surface area contributed by atoms with Gasteiger partial charge in [-0.25, -0.2) is 9.37 Å². The SMILES string of the molecule is Cc1ccc2nc(NC(=O)CSc3ccc(NC(=O)/C(=C/c4c(F)cccc4Cl)NC(=O)c4ccccc4)cc3)sc2c1. The van der Waals surface area contributed by atoms with Crippen LogP contribution in [0.4, 0.5) is 15.2 Å². The summed E-state index contributed by atoms with van der Waals surface area (Å²) < 4.78 is 15.5. The van der Waals surface area contributed by atoms with E-state index >= 15 is 0 Å². The van der Waals surface area contributed by atoms with Crippen molar-refractivity contribution in [2.45, 2.75) is 11.8 Å². The number of aryl methyl sites for hydroxylation is 1. The molecule has 0 radical (unpaired) electrons. The number of thiazole rings is 1. The number of nitrogens with one attached hydrogen (secondary N) is 3. The Morgan fingerprint density at radius 2 is 1.72 bits per heavy atom. The lowest BCUT2D eigenvalue weighted by molar-refractivity contribution is -0.114. The van der Waals surface area contributed by atoms with Crippen molar-refractivity contribution in [3.8, 4) is 0 Å². The summed E-state index contributed by atoms with van der Waals surface area (Å²) in [4.78, 5) is 43.8. The molecule has 0 fully saturated rings. The number of benzene rings is 4. The van der Waals surface area contributed by atoms with Crippen LogP contribution in [0, 0.1) is 12.7 Å². The second-order valence-electron chi connectivity index (χ2n) is 9.32. The van der Waals surface area contributed by atoms with E-state index in [-0.39, 0.29) is 27.9 Å². The van der Waals surface area contributed by atoms with E-state index in [1.54, 1.807) is 54.6 Å². The molecule has 216 valence electrons. The van der Waals surface area contributed by atoms with Gasteiger partial charge in [-0.05, 0) is 79.2 Å². The van der Waals surface area contributed by atoms with Crippen molar-refractivity contribution in [1.82, 2.24) is 10.3 Å². The Labute approximate surface area is 260 Å². The number of halogens is 2. The molecule has 5 rings (SSSR count). The fourth-order valence-electron chi connectivity index (χ4n) is 3.96. The van der Waals surface area contributed by atoms with Crippen LogP contribution in [0.2, 0.25) is 5.02 Å². The molecule has 0 aliphatic heterocycles. The number of nitrogens with zero attached hydrogens (tertiary/aromatic N) is 1. The van der Waals surface area contributed by atoms with Gasteiger partial charge in [-0.3, -0.25) is 14.4 Å². The number of hydrogen-bond acceptors (Lipinski definition) is 6. The highest BCUT2D eigenvalue weighted by Crippen LogP contribution is 2.28. The molecule has 5 aromatic rings. The van der Waals surface area contributed by atoms with Crippen LogP contribution in [0.3, 0.4) is 0 Å². The maximum Gasteiger partial charge on any atom is 0.272 e. The summed E-state index contributed by atoms with van der Waals surface area (Å²) >= 11 is 8.92. The number of thioether (sulfide) groups is 1. The van der Waals surface area contributed by atoms with Crippen molar-refractivity contribution in [2.75, 3.05) is 16.4 Å². The van der Waals surface area contributed by atoms with E-state index in [1.807, 2.05) is 25.1 Å². The number of amides is 3. The highest BCUT2D eigenvalue weighted by molar-refractivity contribution is 8.00. The molecule has 0 spiro atoms. The van der Waals surface area contributed by atoms with Gasteiger partial charge < -0.3 is 16.0 Å². The standard InChI is InChI=1S/C32H24ClFN4O3S2/c1-19-10-15-26-28(16-19)43-32(37-26)38-29(39)18-42-22-13-11-21(12-14-22)35-31(41)27(17-23-24(33)8-5-9-25(23)34)36-30(40)20-6-3-2-4-7-20/h2-17H,18H2,1H3,(H,35,41)(H,36,40)(H,37,38,39)/b27-17-. The molecule has 3 N–H and O–H groups in total. The lowest BCUT2D eigenvalue weighted by Crippen LogP contribution is -2.30. The highest BCUT2D eigenvalue weighted by Gasteiger charge is 2.17. The molecule has 4 aromatic carbocycles. The van der Waals surface area contributed by atoms with Crippen molar-refractivity contribution in [3.05, 3.63) is 124 Å². The minimum atomic E-state index is -0.672. The van der Waals surface area contributed by atoms with E-state index < -0.39 is 17.6 Å². The minimum absolute atomic E-state index is 0.0336. The Balaban J connectivity index is 1.23. The predicted molar refractivity (Wildman–Crippen MR) is 172 cm³/mol. The van der Waals surface area contributed by atoms with Crippen LogP contribution in [-0.4, -0.2) is 28.5 Å². The summed E-state index contributed by atoms with van der Waals surface area (Å²) in [5.74, 6) is -1.87. The van der Waals surface area contributed by atoms with Gasteiger partial charge in [0, 0.05) is 21.7 Å². The van der Waals surface area contributed by atoms with Gasteiger partial charge in [0.1, 0.15) is 11.5 Å². The highest BCUT2D eigenvalue weighted by atomic mass is 35.5. The zero-order chi connectivity index (χ0) is 30.3. The van der Waals surface area contributed by atoms with Crippen molar-refractivity contribution in [1.29, 1.82) is 0 Å². The second-order valence-corrected chi connectivity index (χ2v) is 11.8. The van der Waals surface area contributed by atoms with Crippen LogP contribution in [0.25, 0.3) is 16.3 Å². The third-order valence-electron chi connectivity index (χ3n) is 6.09. The molecule has 11 heteroatoms. The fourth-order valence-corrected chi connectivity index (χ4v) is 5.85. The van der Waals surface area contributed by atoms with Crippen molar-refractivity contribution in [2.24, 2.45) is 0 Å². The van der Waals surface area contributed by atoms with Gasteiger partial charge in [0.15, 0.2) is 5.13 Å². The molecule has 0 aliphatic carbocycles. The number of anilines is 2. The van der Waals surface area contributed by atoms with E-state index in [4.69, 9.17) is 11.6 Å². The third-order valence-corrected chi connectivity index (χ3v) is 8.36. The van der Waals surface area contributed by atoms with Crippen LogP contribution in [0.15, 0.2) is 102 Å². The Bertz CT molecular complexity index is 1820. The normalized spacial score (nSPS) is 11.3. The van der Waals surface area contributed by atoms with Crippen LogP contribution in [-0.2, 0) is 9.59 Å². The van der Waals surface area contributed by atoms with E-state index in [0.717, 1.165) is 20.7 Å².